The van der Waals surface area contributed by atoms with Crippen LogP contribution in [0, 0.1) is 13.8 Å². The molecule has 0 amide bonds. The number of carbonyl (C=O) groups excluding carboxylic acids is 1. The third-order valence-corrected chi connectivity index (χ3v) is 10.2. The second-order valence-electron chi connectivity index (χ2n) is 13.0. The van der Waals surface area contributed by atoms with Crippen LogP contribution in [0.1, 0.15) is 67.2 Å². The number of carboxylic acid groups (broad SMARTS) is 1. The molecule has 2 aromatic carbocycles. The van der Waals surface area contributed by atoms with Gasteiger partial charge in [-0.15, -0.1) is 0 Å². The van der Waals surface area contributed by atoms with E-state index in [1.54, 1.807) is 30.6 Å². The summed E-state index contributed by atoms with van der Waals surface area (Å²) in [6, 6.07) is 16.3. The van der Waals surface area contributed by atoms with Crippen LogP contribution in [0.5, 0.6) is 0 Å². The van der Waals surface area contributed by atoms with Gasteiger partial charge in [-0.1, -0.05) is 0 Å². The van der Waals surface area contributed by atoms with E-state index in [0.717, 1.165) is 24.3 Å². The molecule has 0 unspecified atom stereocenters. The largest absolute Gasteiger partial charge is 1.00 e. The van der Waals surface area contributed by atoms with E-state index in [1.807, 2.05) is 32.0 Å². The summed E-state index contributed by atoms with van der Waals surface area (Å²) in [4.78, 5) is 39.4. The summed E-state index contributed by atoms with van der Waals surface area (Å²) in [6.07, 6.45) is 9.25. The number of benzene rings is 2. The van der Waals surface area contributed by atoms with Gasteiger partial charge in [-0.25, -0.2) is 36.7 Å². The van der Waals surface area contributed by atoms with Crippen LogP contribution in [-0.4, -0.2) is 79.6 Å². The molecule has 0 saturated carbocycles. The van der Waals surface area contributed by atoms with E-state index in [4.69, 9.17) is 24.9 Å². The third-order valence-electron chi connectivity index (χ3n) is 8.40. The number of aromatic nitrogens is 4. The Balaban J connectivity index is 0.000000268. The third kappa shape index (κ3) is 12.9. The van der Waals surface area contributed by atoms with Gasteiger partial charge in [0.2, 0.25) is 20.0 Å². The van der Waals surface area contributed by atoms with Crippen LogP contribution in [0.4, 0.5) is 0 Å². The van der Waals surface area contributed by atoms with Gasteiger partial charge in [0.05, 0.1) is 29.3 Å². The molecule has 16 nitrogen and oxygen atoms in total. The molecule has 58 heavy (non-hydrogen) atoms. The second kappa shape index (κ2) is 20.8. The van der Waals surface area contributed by atoms with Gasteiger partial charge >= 0.3 is 41.5 Å². The fourth-order valence-electron chi connectivity index (χ4n) is 5.87. The standard InChI is InChI=1S/C18H17N3O4S.C17H15N3O4S.C4H8O.Na.H2O/c1-11-5-14-6-12(8-16(26(19,23)24)17(14)21-10-11)7-15-9-13(3-4-20-15)18(22)25-2;1-10-4-13-5-11(6-14-8-12(17(21)22)2-3-19-14)7-15(25(18,23)24)16(13)20-9-10;1-2-4-5-3-1;;/h3-6,8-10H,7H2,1-2H3,(H2,19,23,24);2-5,7-9H,6H2,1H3,(H,21,22)(H2,18,23,24);1-4H2;;1H2/q;;;+1;/p-1. The zero-order chi connectivity index (χ0) is 40.6. The molecule has 0 atom stereocenters. The number of hydrogen-bond acceptors (Lipinski definition) is 13. The Morgan fingerprint density at radius 1 is 0.707 bits per heavy atom. The average Bonchev–Trinajstić information content (AvgIpc) is 3.74. The molecule has 1 aliphatic rings. The maximum atomic E-state index is 12.0. The van der Waals surface area contributed by atoms with Crippen LogP contribution in [-0.2, 0) is 42.4 Å². The number of primary sulfonamides is 2. The molecule has 7 rings (SSSR count). The summed E-state index contributed by atoms with van der Waals surface area (Å²) >= 11 is 0. The van der Waals surface area contributed by atoms with E-state index in [2.05, 4.69) is 19.9 Å². The molecule has 1 saturated heterocycles. The van der Waals surface area contributed by atoms with Gasteiger partial charge in [-0.3, -0.25) is 19.9 Å². The van der Waals surface area contributed by atoms with Crippen molar-refractivity contribution in [2.24, 2.45) is 10.3 Å². The summed E-state index contributed by atoms with van der Waals surface area (Å²) in [6.45, 7) is 5.73. The van der Waals surface area contributed by atoms with Crippen LogP contribution >= 0.6 is 0 Å². The van der Waals surface area contributed by atoms with Gasteiger partial charge in [-0.2, -0.15) is 0 Å². The molecule has 4 aromatic heterocycles. The van der Waals surface area contributed by atoms with Crippen LogP contribution in [0.25, 0.3) is 21.8 Å². The number of aromatic carboxylic acids is 1. The molecule has 0 radical (unpaired) electrons. The molecular weight excluding hydrogens is 800 g/mol. The van der Waals surface area contributed by atoms with Gasteiger partial charge in [0.25, 0.3) is 0 Å². The molecule has 0 bridgehead atoms. The van der Waals surface area contributed by atoms with Crippen molar-refractivity contribution in [1.29, 1.82) is 0 Å². The number of carboxylic acids is 1. The topological polar surface area (TPSA) is 275 Å². The molecule has 1 aliphatic heterocycles. The minimum Gasteiger partial charge on any atom is -0.870 e. The normalized spacial score (nSPS) is 12.2. The first kappa shape index (κ1) is 47.6. The van der Waals surface area contributed by atoms with Gasteiger partial charge in [0.15, 0.2) is 0 Å². The van der Waals surface area contributed by atoms with Crippen molar-refractivity contribution in [3.8, 4) is 0 Å². The van der Waals surface area contributed by atoms with E-state index in [9.17, 15) is 26.4 Å². The smallest absolute Gasteiger partial charge is 0.870 e. The maximum absolute atomic E-state index is 12.0. The fourth-order valence-corrected chi connectivity index (χ4v) is 7.38. The van der Waals surface area contributed by atoms with Crippen molar-refractivity contribution >= 4 is 53.8 Å². The van der Waals surface area contributed by atoms with Crippen molar-refractivity contribution in [2.75, 3.05) is 20.3 Å². The Hall–Kier alpha value is -4.76. The van der Waals surface area contributed by atoms with Crippen molar-refractivity contribution in [3.63, 3.8) is 0 Å². The Kier molecular flexibility index (Phi) is 17.1. The number of hydrogen-bond donors (Lipinski definition) is 3. The van der Waals surface area contributed by atoms with Gasteiger partial charge < -0.3 is 20.1 Å². The number of ether oxygens (including phenoxy) is 2. The second-order valence-corrected chi connectivity index (χ2v) is 16.0. The van der Waals surface area contributed by atoms with E-state index < -0.39 is 32.0 Å². The maximum Gasteiger partial charge on any atom is 1.00 e. The van der Waals surface area contributed by atoms with Crippen LogP contribution in [0.2, 0.25) is 0 Å². The Bertz CT molecular complexity index is 2650. The Morgan fingerprint density at radius 3 is 1.52 bits per heavy atom. The number of nitrogens with zero attached hydrogens (tertiary/aromatic N) is 4. The summed E-state index contributed by atoms with van der Waals surface area (Å²) in [5, 5.41) is 21.1. The number of esters is 1. The molecule has 0 aliphatic carbocycles. The Labute approximate surface area is 357 Å². The van der Waals surface area contributed by atoms with Crippen LogP contribution < -0.4 is 39.8 Å². The fraction of sp³-hybridized carbons (Fsp3) is 0.231. The van der Waals surface area contributed by atoms with Crippen LogP contribution in [0.15, 0.2) is 95.2 Å². The summed E-state index contributed by atoms with van der Waals surface area (Å²) < 4.78 is 57.5. The number of pyridine rings is 4. The minimum absolute atomic E-state index is 0. The summed E-state index contributed by atoms with van der Waals surface area (Å²) in [7, 11) is -6.59. The van der Waals surface area contributed by atoms with E-state index in [-0.39, 0.29) is 56.8 Å². The number of methoxy groups -OCH3 is 1. The number of fused-ring (bicyclic) bond motifs is 2. The first-order chi connectivity index (χ1) is 26.5. The summed E-state index contributed by atoms with van der Waals surface area (Å²) in [5.74, 6) is -1.51. The molecule has 6 N–H and O–H groups in total. The molecular formula is C39H41N6NaO10S2. The first-order valence-electron chi connectivity index (χ1n) is 17.1. The van der Waals surface area contributed by atoms with Crippen molar-refractivity contribution in [3.05, 3.63) is 130 Å². The van der Waals surface area contributed by atoms with Crippen LogP contribution in [0.3, 0.4) is 0 Å². The van der Waals surface area contributed by atoms with Crippen molar-refractivity contribution in [1.82, 2.24) is 19.9 Å². The predicted molar refractivity (Wildman–Crippen MR) is 210 cm³/mol. The van der Waals surface area contributed by atoms with E-state index in [1.165, 1.54) is 56.6 Å². The van der Waals surface area contributed by atoms with Crippen molar-refractivity contribution < 1.29 is 76.0 Å². The monoisotopic (exact) mass is 840 g/mol. The number of sulfonamides is 2. The van der Waals surface area contributed by atoms with Gasteiger partial charge in [-0.05, 0) is 110 Å². The molecule has 1 fully saturated rings. The number of nitrogens with two attached hydrogens (primary N) is 2. The SMILES string of the molecule is C1CCOC1.COC(=O)c1ccnc(Cc2cc(S(N)(=O)=O)c3ncc(C)cc3c2)c1.Cc1cnc2c(S(N)(=O)=O)cc(Cc3cc(C(=O)O)ccn3)cc2c1.[Na+].[OH-]. The Morgan fingerprint density at radius 2 is 1.14 bits per heavy atom. The van der Waals surface area contributed by atoms with Gasteiger partial charge in [0, 0.05) is 73.0 Å². The molecule has 6 aromatic rings. The van der Waals surface area contributed by atoms with E-state index >= 15 is 0 Å². The minimum atomic E-state index is -3.96. The number of aryl methyl sites for hydroxylation is 2. The zero-order valence-electron chi connectivity index (χ0n) is 32.2. The quantitative estimate of drug-likeness (QED) is 0.145. The molecule has 300 valence electrons. The van der Waals surface area contributed by atoms with E-state index in [0.29, 0.717) is 56.3 Å². The molecule has 5 heterocycles. The van der Waals surface area contributed by atoms with Gasteiger partial charge in [0.1, 0.15) is 9.79 Å². The average molecular weight is 841 g/mol. The first-order valence-corrected chi connectivity index (χ1v) is 20.2. The summed E-state index contributed by atoms with van der Waals surface area (Å²) in [5.41, 5.74) is 5.40. The molecule has 19 heteroatoms. The molecule has 0 spiro atoms. The number of carbonyl (C=O) groups is 2. The zero-order valence-corrected chi connectivity index (χ0v) is 35.9. The predicted octanol–water partition coefficient (Wildman–Crippen LogP) is 1.46. The number of rotatable bonds is 8. The van der Waals surface area contributed by atoms with Crippen molar-refractivity contribution in [2.45, 2.75) is 49.3 Å².